The topological polar surface area (TPSA) is 168 Å². The molecule has 3 aliphatic rings. The number of nitrogen functional groups attached to an aromatic ring is 1. The first-order chi connectivity index (χ1) is 28.4. The van der Waals surface area contributed by atoms with Gasteiger partial charge in [-0.1, -0.05) is 56.4 Å². The van der Waals surface area contributed by atoms with Crippen molar-refractivity contribution in [1.29, 1.82) is 0 Å². The van der Waals surface area contributed by atoms with Crippen LogP contribution in [-0.4, -0.2) is 77.7 Å². The monoisotopic (exact) mass is 799 g/mol. The van der Waals surface area contributed by atoms with E-state index in [4.69, 9.17) is 10.7 Å². The third kappa shape index (κ3) is 8.48. The summed E-state index contributed by atoms with van der Waals surface area (Å²) in [7, 11) is 0. The molecule has 2 fully saturated rings. The second kappa shape index (κ2) is 17.9. The van der Waals surface area contributed by atoms with Crippen molar-refractivity contribution in [3.05, 3.63) is 102 Å². The second-order valence-corrected chi connectivity index (χ2v) is 16.4. The van der Waals surface area contributed by atoms with E-state index < -0.39 is 6.04 Å². The lowest BCUT2D eigenvalue weighted by atomic mass is 10.0. The van der Waals surface area contributed by atoms with E-state index in [0.717, 1.165) is 77.6 Å². The molecule has 6 heterocycles. The highest BCUT2D eigenvalue weighted by molar-refractivity contribution is 7.99. The summed E-state index contributed by atoms with van der Waals surface area (Å²) in [4.78, 5) is 69.2. The number of fused-ring (bicyclic) bond motifs is 2. The summed E-state index contributed by atoms with van der Waals surface area (Å²) < 4.78 is 2.10. The van der Waals surface area contributed by atoms with Crippen LogP contribution >= 0.6 is 11.8 Å². The third-order valence-electron chi connectivity index (χ3n) is 11.5. The smallest absolute Gasteiger partial charge is 0.256 e. The molecule has 3 aliphatic heterocycles. The van der Waals surface area contributed by atoms with Gasteiger partial charge in [0, 0.05) is 53.1 Å². The minimum atomic E-state index is -0.590. The molecule has 2 saturated heterocycles. The van der Waals surface area contributed by atoms with Crippen LogP contribution in [0.3, 0.4) is 0 Å². The van der Waals surface area contributed by atoms with Gasteiger partial charge in [0.25, 0.3) is 11.8 Å². The van der Waals surface area contributed by atoms with E-state index in [1.54, 1.807) is 53.3 Å². The third-order valence-corrected chi connectivity index (χ3v) is 12.7. The molecule has 13 nitrogen and oxygen atoms in total. The van der Waals surface area contributed by atoms with Crippen molar-refractivity contribution >= 4 is 52.5 Å². The van der Waals surface area contributed by atoms with Gasteiger partial charge in [0.15, 0.2) is 0 Å². The number of pyridine rings is 1. The Morgan fingerprint density at radius 3 is 2.48 bits per heavy atom. The molecule has 3 aromatic heterocycles. The number of hydrogen-bond acceptors (Lipinski definition) is 10. The Kier molecular flexibility index (Phi) is 12.1. The number of benzene rings is 2. The van der Waals surface area contributed by atoms with E-state index in [2.05, 4.69) is 36.0 Å². The van der Waals surface area contributed by atoms with Crippen LogP contribution in [-0.2, 0) is 16.1 Å². The molecular weight excluding hydrogens is 751 g/mol. The molecule has 0 aliphatic carbocycles. The van der Waals surface area contributed by atoms with Gasteiger partial charge in [-0.2, -0.15) is 0 Å². The zero-order valence-electron chi connectivity index (χ0n) is 32.6. The average molecular weight is 800 g/mol. The number of nitrogens with zero attached hydrogens (tertiary/aromatic N) is 6. The SMILES string of the molecule is Nc1nccn2c([C@@H]3CCCN3CCCCCCCCCSc3cccc4c3CN(C3CCC(=O)NC3=O)C4=O)nc(-c3ccc(C(=O)Nc4ccccn4)cc3)c12. The lowest BCUT2D eigenvalue weighted by molar-refractivity contribution is -0.136. The van der Waals surface area contributed by atoms with Gasteiger partial charge in [0.1, 0.15) is 34.7 Å². The number of imidazole rings is 1. The van der Waals surface area contributed by atoms with Gasteiger partial charge < -0.3 is 16.0 Å². The zero-order chi connectivity index (χ0) is 40.0. The quantitative estimate of drug-likeness (QED) is 0.0535. The van der Waals surface area contributed by atoms with Crippen molar-refractivity contribution in [3.63, 3.8) is 0 Å². The molecule has 5 aromatic rings. The highest BCUT2D eigenvalue weighted by Crippen LogP contribution is 2.37. The molecule has 1 unspecified atom stereocenters. The Bertz CT molecular complexity index is 2300. The van der Waals surface area contributed by atoms with Crippen molar-refractivity contribution in [3.8, 4) is 11.3 Å². The Balaban J connectivity index is 0.785. The molecule has 0 bridgehead atoms. The normalized spacial score (nSPS) is 18.2. The van der Waals surface area contributed by atoms with Crippen molar-refractivity contribution in [2.24, 2.45) is 0 Å². The number of aromatic nitrogens is 4. The maximum atomic E-state index is 13.2. The molecular formula is C44H49N9O4S. The van der Waals surface area contributed by atoms with Gasteiger partial charge in [-0.25, -0.2) is 15.0 Å². The first-order valence-corrected chi connectivity index (χ1v) is 21.4. The predicted molar refractivity (Wildman–Crippen MR) is 224 cm³/mol. The lowest BCUT2D eigenvalue weighted by Crippen LogP contribution is -2.52. The first-order valence-electron chi connectivity index (χ1n) is 20.4. The summed E-state index contributed by atoms with van der Waals surface area (Å²) >= 11 is 1.79. The van der Waals surface area contributed by atoms with E-state index in [1.165, 1.54) is 32.1 Å². The summed E-state index contributed by atoms with van der Waals surface area (Å²) in [5, 5.41) is 5.22. The number of thioether (sulfide) groups is 1. The number of carbonyl (C=O) groups is 4. The highest BCUT2D eigenvalue weighted by atomic mass is 32.2. The molecule has 0 spiro atoms. The van der Waals surface area contributed by atoms with Crippen molar-refractivity contribution < 1.29 is 19.2 Å². The predicted octanol–water partition coefficient (Wildman–Crippen LogP) is 7.05. The number of anilines is 2. The first kappa shape index (κ1) is 39.2. The Labute approximate surface area is 342 Å². The van der Waals surface area contributed by atoms with Gasteiger partial charge in [-0.15, -0.1) is 11.8 Å². The van der Waals surface area contributed by atoms with Crippen molar-refractivity contribution in [1.82, 2.24) is 34.5 Å². The fourth-order valence-electron chi connectivity index (χ4n) is 8.49. The van der Waals surface area contributed by atoms with Crippen LogP contribution in [0.15, 0.2) is 84.1 Å². The number of unbranched alkanes of at least 4 members (excludes halogenated alkanes) is 6. The summed E-state index contributed by atoms with van der Waals surface area (Å²) in [6, 6.07) is 18.3. The number of nitrogens with one attached hydrogen (secondary N) is 2. The highest BCUT2D eigenvalue weighted by Gasteiger charge is 2.40. The molecule has 8 rings (SSSR count). The van der Waals surface area contributed by atoms with Gasteiger partial charge in [0.05, 0.1) is 6.04 Å². The Hall–Kier alpha value is -5.60. The van der Waals surface area contributed by atoms with E-state index in [0.29, 0.717) is 35.7 Å². The largest absolute Gasteiger partial charge is 0.382 e. The van der Waals surface area contributed by atoms with Crippen LogP contribution in [0.5, 0.6) is 0 Å². The van der Waals surface area contributed by atoms with E-state index in [-0.39, 0.29) is 36.1 Å². The van der Waals surface area contributed by atoms with Crippen LogP contribution in [0, 0.1) is 0 Å². The number of carbonyl (C=O) groups excluding carboxylic acids is 4. The zero-order valence-corrected chi connectivity index (χ0v) is 33.4. The fraction of sp³-hybridized carbons (Fsp3) is 0.386. The van der Waals surface area contributed by atoms with Crippen LogP contribution in [0.1, 0.15) is 109 Å². The van der Waals surface area contributed by atoms with Crippen molar-refractivity contribution in [2.45, 2.75) is 94.2 Å². The summed E-state index contributed by atoms with van der Waals surface area (Å²) in [6.07, 6.45) is 16.4. The molecule has 0 saturated carbocycles. The molecule has 2 atom stereocenters. The number of likely N-dealkylation sites (tertiary alicyclic amines) is 1. The molecule has 58 heavy (non-hydrogen) atoms. The van der Waals surface area contributed by atoms with Crippen LogP contribution in [0.4, 0.5) is 11.6 Å². The minimum absolute atomic E-state index is 0.122. The van der Waals surface area contributed by atoms with Gasteiger partial charge in [-0.3, -0.25) is 33.8 Å². The Morgan fingerprint density at radius 2 is 1.69 bits per heavy atom. The standard InChI is InChI=1S/C44H49N9O4S/c45-40-39-38(29-16-18-30(19-17-29)42(55)48-36-15-6-7-22-46-36)50-41(52(39)26-23-47-40)33-13-11-25-51(33)24-8-4-2-1-3-5-9-27-58-35-14-10-12-31-32(35)28-53(44(31)57)34-20-21-37(54)49-43(34)56/h6-7,10,12,14-19,22-23,26,33-34H,1-5,8-9,11,13,20-21,24-25,27-28H2,(H2,45,47)(H,46,48,55)(H,49,54,56)/t33-,34?/m0/s1. The fourth-order valence-corrected chi connectivity index (χ4v) is 9.58. The average Bonchev–Trinajstić information content (AvgIpc) is 3.95. The number of rotatable bonds is 16. The number of hydrogen-bond donors (Lipinski definition) is 3. The van der Waals surface area contributed by atoms with Gasteiger partial charge >= 0.3 is 0 Å². The minimum Gasteiger partial charge on any atom is -0.382 e. The lowest BCUT2D eigenvalue weighted by Gasteiger charge is -2.29. The number of piperidine rings is 1. The van der Waals surface area contributed by atoms with E-state index in [9.17, 15) is 19.2 Å². The van der Waals surface area contributed by atoms with Crippen LogP contribution in [0.2, 0.25) is 0 Å². The molecule has 4 amide bonds. The van der Waals surface area contributed by atoms with E-state index >= 15 is 0 Å². The number of imide groups is 1. The molecule has 14 heteroatoms. The summed E-state index contributed by atoms with van der Waals surface area (Å²) in [5.41, 5.74) is 11.1. The number of nitrogens with two attached hydrogens (primary N) is 1. The molecule has 2 aromatic carbocycles. The van der Waals surface area contributed by atoms with Crippen LogP contribution in [0.25, 0.3) is 16.8 Å². The van der Waals surface area contributed by atoms with Crippen LogP contribution < -0.4 is 16.4 Å². The van der Waals surface area contributed by atoms with Crippen molar-refractivity contribution in [2.75, 3.05) is 29.9 Å². The molecule has 4 N–H and O–H groups in total. The van der Waals surface area contributed by atoms with Gasteiger partial charge in [-0.05, 0) is 92.9 Å². The maximum absolute atomic E-state index is 13.2. The number of amides is 4. The van der Waals surface area contributed by atoms with Gasteiger partial charge in [0.2, 0.25) is 11.8 Å². The molecule has 300 valence electrons. The summed E-state index contributed by atoms with van der Waals surface area (Å²) in [5.74, 6) is 1.89. The second-order valence-electron chi connectivity index (χ2n) is 15.3. The molecule has 0 radical (unpaired) electrons. The Morgan fingerprint density at radius 1 is 0.879 bits per heavy atom. The summed E-state index contributed by atoms with van der Waals surface area (Å²) in [6.45, 7) is 2.48. The maximum Gasteiger partial charge on any atom is 0.256 e. The van der Waals surface area contributed by atoms with E-state index in [1.807, 2.05) is 36.5 Å².